The fourth-order valence-corrected chi connectivity index (χ4v) is 6.73. The van der Waals surface area contributed by atoms with E-state index in [1.54, 1.807) is 0 Å². The molecule has 3 heterocycles. The number of aromatic nitrogens is 1. The molecule has 0 amide bonds. The van der Waals surface area contributed by atoms with Gasteiger partial charge in [-0.15, -0.1) is 0 Å². The summed E-state index contributed by atoms with van der Waals surface area (Å²) < 4.78 is 70.7. The third kappa shape index (κ3) is 4.72. The first-order valence-electron chi connectivity index (χ1n) is 11.5. The molecule has 2 aromatic rings. The van der Waals surface area contributed by atoms with Gasteiger partial charge in [-0.05, 0) is 62.6 Å². The van der Waals surface area contributed by atoms with E-state index in [1.807, 2.05) is 9.62 Å². The lowest BCUT2D eigenvalue weighted by Crippen LogP contribution is -2.38. The van der Waals surface area contributed by atoms with Gasteiger partial charge in [-0.3, -0.25) is 9.62 Å². The topological polar surface area (TPSA) is 65.5 Å². The average molecular weight is 515 g/mol. The van der Waals surface area contributed by atoms with Crippen LogP contribution in [0.5, 0.6) is 0 Å². The lowest BCUT2D eigenvalue weighted by Gasteiger charge is -2.30. The second kappa shape index (κ2) is 9.20. The number of anilines is 2. The minimum atomic E-state index is -4.73. The largest absolute Gasteiger partial charge is 0.370 e. The quantitative estimate of drug-likeness (QED) is 0.430. The van der Waals surface area contributed by atoms with E-state index in [1.165, 1.54) is 25.0 Å². The maximum atomic E-state index is 15.1. The molecule has 3 aliphatic rings. The van der Waals surface area contributed by atoms with Crippen LogP contribution < -0.4 is 9.62 Å². The van der Waals surface area contributed by atoms with Crippen molar-refractivity contribution in [3.8, 4) is 0 Å². The number of hydrogen-bond donors (Lipinski definition) is 1. The molecule has 34 heavy (non-hydrogen) atoms. The molecule has 3 fully saturated rings. The van der Waals surface area contributed by atoms with Crippen LogP contribution in [0.1, 0.15) is 32.1 Å². The van der Waals surface area contributed by atoms with Crippen molar-refractivity contribution in [2.24, 2.45) is 11.8 Å². The van der Waals surface area contributed by atoms with Gasteiger partial charge in [0.2, 0.25) is 5.95 Å². The summed E-state index contributed by atoms with van der Waals surface area (Å²) in [7, 11) is -4.73. The molecule has 1 N–H and O–H groups in total. The number of pyridine rings is 1. The van der Waals surface area contributed by atoms with Crippen LogP contribution in [0.15, 0.2) is 29.2 Å². The van der Waals surface area contributed by atoms with Gasteiger partial charge in [0, 0.05) is 31.7 Å². The minimum Gasteiger partial charge on any atom is -0.370 e. The number of rotatable bonds is 7. The zero-order valence-corrected chi connectivity index (χ0v) is 20.1. The highest BCUT2D eigenvalue weighted by molar-refractivity contribution is 7.92. The number of sulfonamides is 1. The second-order valence-electron chi connectivity index (χ2n) is 9.43. The lowest BCUT2D eigenvalue weighted by atomic mass is 9.96. The SMILES string of the molecule is O=S(=O)(Nc1cccc(F)n1)c1c(F)cc(N2CC[C@H]([C@@H]3CCCN3CC3CC3)C2)c(Cl)c1F. The molecule has 1 aromatic carbocycles. The highest BCUT2D eigenvalue weighted by atomic mass is 35.5. The molecule has 0 bridgehead atoms. The Hall–Kier alpha value is -2.04. The van der Waals surface area contributed by atoms with Crippen LogP contribution in [0, 0.1) is 29.4 Å². The first-order valence-corrected chi connectivity index (χ1v) is 13.4. The van der Waals surface area contributed by atoms with Crippen molar-refractivity contribution >= 4 is 33.1 Å². The molecule has 2 atom stereocenters. The summed E-state index contributed by atoms with van der Waals surface area (Å²) in [6.07, 6.45) is 5.77. The van der Waals surface area contributed by atoms with E-state index in [2.05, 4.69) is 9.88 Å². The Kier molecular flexibility index (Phi) is 6.41. The predicted molar refractivity (Wildman–Crippen MR) is 124 cm³/mol. The summed E-state index contributed by atoms with van der Waals surface area (Å²) in [5.41, 5.74) is 0.147. The van der Waals surface area contributed by atoms with Gasteiger partial charge in [-0.2, -0.15) is 4.39 Å². The van der Waals surface area contributed by atoms with E-state index in [0.717, 1.165) is 50.4 Å². The normalized spacial score (nSPS) is 23.6. The molecule has 11 heteroatoms. The molecule has 184 valence electrons. The molecule has 0 unspecified atom stereocenters. The zero-order valence-electron chi connectivity index (χ0n) is 18.5. The maximum Gasteiger partial charge on any atom is 0.268 e. The lowest BCUT2D eigenvalue weighted by molar-refractivity contribution is 0.191. The standard InChI is InChI=1S/C23H26ClF3N4O2S/c24-21-18(31-10-8-15(13-31)17-3-2-9-30(17)12-14-6-7-14)11-16(25)23(22(21)27)34(32,33)29-20-5-1-4-19(26)28-20/h1,4-5,11,14-15,17H,2-3,6-10,12-13H2,(H,28,29)/t15-,17-/m0/s1. The smallest absolute Gasteiger partial charge is 0.268 e. The number of likely N-dealkylation sites (tertiary alicyclic amines) is 1. The van der Waals surface area contributed by atoms with Crippen molar-refractivity contribution in [1.29, 1.82) is 0 Å². The van der Waals surface area contributed by atoms with Crippen molar-refractivity contribution in [2.75, 3.05) is 35.8 Å². The van der Waals surface area contributed by atoms with Crippen LogP contribution in [0.3, 0.4) is 0 Å². The average Bonchev–Trinajstić information content (AvgIpc) is 3.25. The molecule has 2 saturated heterocycles. The highest BCUT2D eigenvalue weighted by Crippen LogP contribution is 2.40. The Morgan fingerprint density at radius 2 is 1.91 bits per heavy atom. The van der Waals surface area contributed by atoms with Crippen LogP contribution in [0.25, 0.3) is 0 Å². The molecule has 2 aliphatic heterocycles. The molecule has 0 spiro atoms. The Balaban J connectivity index is 1.36. The van der Waals surface area contributed by atoms with Crippen LogP contribution in [0.2, 0.25) is 5.02 Å². The third-order valence-corrected chi connectivity index (χ3v) is 8.78. The Morgan fingerprint density at radius 3 is 2.65 bits per heavy atom. The van der Waals surface area contributed by atoms with Crippen LogP contribution in [-0.4, -0.2) is 50.5 Å². The molecule has 0 radical (unpaired) electrons. The second-order valence-corrected chi connectivity index (χ2v) is 11.4. The summed E-state index contributed by atoms with van der Waals surface area (Å²) in [4.78, 5) is 6.56. The fourth-order valence-electron chi connectivity index (χ4n) is 5.26. The first kappa shape index (κ1) is 23.7. The molecule has 1 aromatic heterocycles. The molecule has 1 saturated carbocycles. The Morgan fingerprint density at radius 1 is 1.12 bits per heavy atom. The van der Waals surface area contributed by atoms with Crippen molar-refractivity contribution in [3.63, 3.8) is 0 Å². The Bertz CT molecular complexity index is 1190. The van der Waals surface area contributed by atoms with Crippen molar-refractivity contribution < 1.29 is 21.6 Å². The molecule has 1 aliphatic carbocycles. The van der Waals surface area contributed by atoms with E-state index < -0.39 is 43.3 Å². The number of nitrogens with one attached hydrogen (secondary N) is 1. The summed E-state index contributed by atoms with van der Waals surface area (Å²) in [6, 6.07) is 4.85. The van der Waals surface area contributed by atoms with E-state index in [9.17, 15) is 17.2 Å². The molecular formula is C23H26ClF3N4O2S. The maximum absolute atomic E-state index is 15.1. The van der Waals surface area contributed by atoms with Crippen molar-refractivity contribution in [1.82, 2.24) is 9.88 Å². The van der Waals surface area contributed by atoms with Crippen LogP contribution >= 0.6 is 11.6 Å². The minimum absolute atomic E-state index is 0.147. The van der Waals surface area contributed by atoms with Gasteiger partial charge < -0.3 is 4.90 Å². The predicted octanol–water partition coefficient (Wildman–Crippen LogP) is 4.65. The van der Waals surface area contributed by atoms with E-state index in [0.29, 0.717) is 25.0 Å². The summed E-state index contributed by atoms with van der Waals surface area (Å²) in [5, 5.41) is -0.448. The van der Waals surface area contributed by atoms with Gasteiger partial charge in [0.1, 0.15) is 16.7 Å². The number of hydrogen-bond acceptors (Lipinski definition) is 5. The van der Waals surface area contributed by atoms with E-state index >= 15 is 4.39 Å². The van der Waals surface area contributed by atoms with Crippen LogP contribution in [0.4, 0.5) is 24.7 Å². The fraction of sp³-hybridized carbons (Fsp3) is 0.522. The van der Waals surface area contributed by atoms with Crippen LogP contribution in [-0.2, 0) is 10.0 Å². The van der Waals surface area contributed by atoms with Gasteiger partial charge in [-0.1, -0.05) is 17.7 Å². The molecule has 5 rings (SSSR count). The summed E-state index contributed by atoms with van der Waals surface area (Å²) in [5.74, 6) is -2.79. The van der Waals surface area contributed by atoms with E-state index in [-0.39, 0.29) is 5.69 Å². The summed E-state index contributed by atoms with van der Waals surface area (Å²) in [6.45, 7) is 3.43. The van der Waals surface area contributed by atoms with Gasteiger partial charge in [0.25, 0.3) is 10.0 Å². The zero-order chi connectivity index (χ0) is 24.0. The summed E-state index contributed by atoms with van der Waals surface area (Å²) >= 11 is 6.24. The van der Waals surface area contributed by atoms with Gasteiger partial charge in [0.15, 0.2) is 10.7 Å². The number of halogens is 4. The third-order valence-electron chi connectivity index (χ3n) is 7.03. The van der Waals surface area contributed by atoms with Crippen molar-refractivity contribution in [2.45, 2.75) is 43.0 Å². The first-order chi connectivity index (χ1) is 16.2. The van der Waals surface area contributed by atoms with Crippen molar-refractivity contribution in [3.05, 3.63) is 46.9 Å². The monoisotopic (exact) mass is 514 g/mol. The molecular weight excluding hydrogens is 489 g/mol. The molecule has 6 nitrogen and oxygen atoms in total. The Labute approximate surface area is 202 Å². The van der Waals surface area contributed by atoms with E-state index in [4.69, 9.17) is 11.6 Å². The number of benzene rings is 1. The van der Waals surface area contributed by atoms with Gasteiger partial charge >= 0.3 is 0 Å². The van der Waals surface area contributed by atoms with Gasteiger partial charge in [0.05, 0.1) is 5.69 Å². The highest BCUT2D eigenvalue weighted by Gasteiger charge is 2.39. The number of nitrogens with zero attached hydrogens (tertiary/aromatic N) is 3. The van der Waals surface area contributed by atoms with Gasteiger partial charge in [-0.25, -0.2) is 22.2 Å².